The minimum Gasteiger partial charge on any atom is -0.381 e. The molecule has 1 amide bonds. The first-order chi connectivity index (χ1) is 12.9. The number of rotatable bonds is 7. The van der Waals surface area contributed by atoms with Gasteiger partial charge in [-0.1, -0.05) is 6.07 Å². The summed E-state index contributed by atoms with van der Waals surface area (Å²) < 4.78 is 30.9. The summed E-state index contributed by atoms with van der Waals surface area (Å²) in [5.74, 6) is 0.0427. The first kappa shape index (κ1) is 20.7. The van der Waals surface area contributed by atoms with Crippen LogP contribution in [-0.4, -0.2) is 93.2 Å². The first-order valence-corrected chi connectivity index (χ1v) is 12.2. The minimum absolute atomic E-state index is 0.0427. The van der Waals surface area contributed by atoms with Crippen LogP contribution in [0.15, 0.2) is 17.5 Å². The normalized spacial score (nSPS) is 22.4. The van der Waals surface area contributed by atoms with Gasteiger partial charge in [-0.3, -0.25) is 9.69 Å². The van der Waals surface area contributed by atoms with E-state index in [2.05, 4.69) is 4.90 Å². The molecule has 3 rings (SSSR count). The zero-order valence-electron chi connectivity index (χ0n) is 16.0. The van der Waals surface area contributed by atoms with Crippen LogP contribution in [0, 0.1) is 0 Å². The van der Waals surface area contributed by atoms with Gasteiger partial charge in [-0.2, -0.15) is 0 Å². The molecule has 2 fully saturated rings. The Kier molecular flexibility index (Phi) is 6.91. The van der Waals surface area contributed by atoms with Gasteiger partial charge < -0.3 is 9.64 Å². The molecule has 2 saturated heterocycles. The molecule has 0 bridgehead atoms. The Morgan fingerprint density at radius 2 is 2.00 bits per heavy atom. The molecule has 1 atom stereocenters. The van der Waals surface area contributed by atoms with E-state index in [1.807, 2.05) is 24.6 Å². The molecule has 7 nitrogen and oxygen atoms in total. The fourth-order valence-electron chi connectivity index (χ4n) is 3.92. The van der Waals surface area contributed by atoms with E-state index in [-0.39, 0.29) is 11.9 Å². The van der Waals surface area contributed by atoms with Crippen LogP contribution >= 0.6 is 11.3 Å². The third kappa shape index (κ3) is 5.29. The summed E-state index contributed by atoms with van der Waals surface area (Å²) in [6.45, 7) is 3.98. The van der Waals surface area contributed by atoms with E-state index in [1.54, 1.807) is 9.21 Å². The molecule has 0 saturated carbocycles. The molecular weight excluding hydrogens is 386 g/mol. The van der Waals surface area contributed by atoms with Gasteiger partial charge in [0.1, 0.15) is 0 Å². The Morgan fingerprint density at radius 3 is 2.59 bits per heavy atom. The van der Waals surface area contributed by atoms with E-state index in [4.69, 9.17) is 4.74 Å². The first-order valence-electron chi connectivity index (χ1n) is 9.44. The van der Waals surface area contributed by atoms with Crippen molar-refractivity contribution in [2.24, 2.45) is 0 Å². The summed E-state index contributed by atoms with van der Waals surface area (Å²) in [4.78, 5) is 17.4. The minimum atomic E-state index is -3.16. The van der Waals surface area contributed by atoms with Crippen molar-refractivity contribution in [3.05, 3.63) is 22.4 Å². The van der Waals surface area contributed by atoms with Crippen molar-refractivity contribution in [1.29, 1.82) is 0 Å². The zero-order valence-corrected chi connectivity index (χ0v) is 17.7. The average Bonchev–Trinajstić information content (AvgIpc) is 3.34. The molecule has 2 aliphatic rings. The van der Waals surface area contributed by atoms with Gasteiger partial charge in [0.15, 0.2) is 0 Å². The van der Waals surface area contributed by atoms with Crippen molar-refractivity contribution in [2.75, 3.05) is 52.7 Å². The van der Waals surface area contributed by atoms with Crippen LogP contribution in [0.1, 0.15) is 28.9 Å². The van der Waals surface area contributed by atoms with Crippen LogP contribution in [0.25, 0.3) is 0 Å². The summed E-state index contributed by atoms with van der Waals surface area (Å²) in [6.07, 6.45) is 4.03. The van der Waals surface area contributed by atoms with Crippen LogP contribution in [-0.2, 0) is 14.8 Å². The van der Waals surface area contributed by atoms with E-state index < -0.39 is 10.0 Å². The van der Waals surface area contributed by atoms with Gasteiger partial charge in [-0.25, -0.2) is 12.7 Å². The van der Waals surface area contributed by atoms with Crippen molar-refractivity contribution >= 4 is 27.3 Å². The Balaban J connectivity index is 1.64. The highest BCUT2D eigenvalue weighted by molar-refractivity contribution is 7.88. The molecule has 0 N–H and O–H groups in total. The highest BCUT2D eigenvalue weighted by Crippen LogP contribution is 2.24. The van der Waals surface area contributed by atoms with E-state index in [9.17, 15) is 13.2 Å². The smallest absolute Gasteiger partial charge is 0.263 e. The van der Waals surface area contributed by atoms with Gasteiger partial charge in [-0.15, -0.1) is 11.3 Å². The summed E-state index contributed by atoms with van der Waals surface area (Å²) in [5, 5.41) is 1.91. The summed E-state index contributed by atoms with van der Waals surface area (Å²) in [7, 11) is -1.32. The Hall–Kier alpha value is -1.000. The number of likely N-dealkylation sites (N-methyl/N-ethyl adjacent to an activating group) is 1. The third-order valence-corrected chi connectivity index (χ3v) is 7.62. The zero-order chi connectivity index (χ0) is 19.4. The number of carbonyl (C=O) groups excluding carboxylic acids is 1. The van der Waals surface area contributed by atoms with Gasteiger partial charge in [-0.05, 0) is 30.7 Å². The number of amides is 1. The van der Waals surface area contributed by atoms with Crippen molar-refractivity contribution in [3.8, 4) is 0 Å². The Bertz CT molecular complexity index is 717. The maximum atomic E-state index is 12.5. The van der Waals surface area contributed by atoms with Crippen LogP contribution in [0.4, 0.5) is 0 Å². The van der Waals surface area contributed by atoms with Crippen LogP contribution < -0.4 is 0 Å². The predicted octanol–water partition coefficient (Wildman–Crippen LogP) is 1.33. The molecule has 1 aromatic rings. The second-order valence-corrected chi connectivity index (χ2v) is 10.3. The van der Waals surface area contributed by atoms with Crippen LogP contribution in [0.3, 0.4) is 0 Å². The summed E-state index contributed by atoms with van der Waals surface area (Å²) in [6, 6.07) is 4.32. The number of carbonyl (C=O) groups is 1. The fraction of sp³-hybridized carbons (Fsp3) is 0.722. The maximum Gasteiger partial charge on any atom is 0.263 e. The molecular formula is C18H29N3O4S2. The second-order valence-electron chi connectivity index (χ2n) is 7.35. The lowest BCUT2D eigenvalue weighted by atomic mass is 10.0. The van der Waals surface area contributed by atoms with Crippen LogP contribution in [0.2, 0.25) is 0 Å². The van der Waals surface area contributed by atoms with Gasteiger partial charge in [0.2, 0.25) is 10.0 Å². The number of hydrogen-bond acceptors (Lipinski definition) is 6. The standard InChI is InChI=1S/C18H29N3O4S2/c1-19(18(22)17-4-3-13-26-17)9-10-21(15-6-11-25-12-7-15)16-5-8-20(14-16)27(2,23)24/h3-4,13,15-16H,5-12,14H2,1-2H3. The lowest BCUT2D eigenvalue weighted by molar-refractivity contribution is 0.0158. The molecule has 1 aromatic heterocycles. The van der Waals surface area contributed by atoms with E-state index in [0.29, 0.717) is 25.7 Å². The highest BCUT2D eigenvalue weighted by Gasteiger charge is 2.35. The average molecular weight is 416 g/mol. The largest absolute Gasteiger partial charge is 0.381 e. The van der Waals surface area contributed by atoms with Crippen LogP contribution in [0.5, 0.6) is 0 Å². The van der Waals surface area contributed by atoms with Gasteiger partial charge in [0, 0.05) is 58.5 Å². The number of hydrogen-bond donors (Lipinski definition) is 0. The van der Waals surface area contributed by atoms with Crippen molar-refractivity contribution in [3.63, 3.8) is 0 Å². The third-order valence-electron chi connectivity index (χ3n) is 5.50. The SMILES string of the molecule is CN(CCN(C1CCOCC1)C1CCN(S(C)(=O)=O)C1)C(=O)c1cccs1. The van der Waals surface area contributed by atoms with E-state index in [1.165, 1.54) is 17.6 Å². The Morgan fingerprint density at radius 1 is 1.26 bits per heavy atom. The van der Waals surface area contributed by atoms with Crippen molar-refractivity contribution in [1.82, 2.24) is 14.1 Å². The van der Waals surface area contributed by atoms with Crippen molar-refractivity contribution < 1.29 is 17.9 Å². The monoisotopic (exact) mass is 415 g/mol. The summed E-state index contributed by atoms with van der Waals surface area (Å²) >= 11 is 1.46. The molecule has 0 aromatic carbocycles. The molecule has 0 aliphatic carbocycles. The molecule has 1 unspecified atom stereocenters. The number of ether oxygens (including phenoxy) is 1. The van der Waals surface area contributed by atoms with Crippen molar-refractivity contribution in [2.45, 2.75) is 31.3 Å². The lowest BCUT2D eigenvalue weighted by Gasteiger charge is -2.39. The molecule has 0 spiro atoms. The maximum absolute atomic E-state index is 12.5. The highest BCUT2D eigenvalue weighted by atomic mass is 32.2. The molecule has 152 valence electrons. The molecule has 3 heterocycles. The Labute approximate surface area is 165 Å². The van der Waals surface area contributed by atoms with Gasteiger partial charge >= 0.3 is 0 Å². The number of thiophene rings is 1. The summed E-state index contributed by atoms with van der Waals surface area (Å²) in [5.41, 5.74) is 0. The predicted molar refractivity (Wildman–Crippen MR) is 107 cm³/mol. The lowest BCUT2D eigenvalue weighted by Crippen LogP contribution is -2.50. The topological polar surface area (TPSA) is 70.2 Å². The molecule has 2 aliphatic heterocycles. The fourth-order valence-corrected chi connectivity index (χ4v) is 5.52. The molecule has 9 heteroatoms. The van der Waals surface area contributed by atoms with Gasteiger partial charge in [0.25, 0.3) is 5.91 Å². The van der Waals surface area contributed by atoms with E-state index >= 15 is 0 Å². The van der Waals surface area contributed by atoms with E-state index in [0.717, 1.165) is 43.9 Å². The van der Waals surface area contributed by atoms with Gasteiger partial charge in [0.05, 0.1) is 11.1 Å². The second kappa shape index (κ2) is 9.00. The molecule has 0 radical (unpaired) electrons. The number of sulfonamides is 1. The molecule has 27 heavy (non-hydrogen) atoms. The number of nitrogens with zero attached hydrogens (tertiary/aromatic N) is 3. The quantitative estimate of drug-likeness (QED) is 0.672.